The van der Waals surface area contributed by atoms with E-state index in [1.165, 1.54) is 4.90 Å². The van der Waals surface area contributed by atoms with Gasteiger partial charge in [-0.1, -0.05) is 24.3 Å². The smallest absolute Gasteiger partial charge is 0.216 e. The molecule has 1 aromatic heterocycles. The van der Waals surface area contributed by atoms with Gasteiger partial charge in [-0.25, -0.2) is 5.10 Å². The maximum Gasteiger partial charge on any atom is 0.216 e. The summed E-state index contributed by atoms with van der Waals surface area (Å²) >= 11 is 7.03. The van der Waals surface area contributed by atoms with Crippen molar-refractivity contribution in [2.24, 2.45) is 5.10 Å². The van der Waals surface area contributed by atoms with Crippen LogP contribution in [0.3, 0.4) is 0 Å². The summed E-state index contributed by atoms with van der Waals surface area (Å²) in [5, 5.41) is 11.6. The number of thioether (sulfide) groups is 1. The highest BCUT2D eigenvalue weighted by molar-refractivity contribution is 7.98. The van der Waals surface area contributed by atoms with Gasteiger partial charge in [0.25, 0.3) is 0 Å². The third-order valence-corrected chi connectivity index (χ3v) is 4.56. The van der Waals surface area contributed by atoms with Crippen molar-refractivity contribution in [3.05, 3.63) is 58.9 Å². The minimum Gasteiger partial charge on any atom is -0.491 e. The molecule has 0 amide bonds. The average Bonchev–Trinajstić information content (AvgIpc) is 3.01. The first-order chi connectivity index (χ1) is 12.6. The van der Waals surface area contributed by atoms with Gasteiger partial charge in [0.2, 0.25) is 4.77 Å². The van der Waals surface area contributed by atoms with Crippen LogP contribution in [0.1, 0.15) is 19.4 Å². The van der Waals surface area contributed by atoms with Crippen LogP contribution < -0.4 is 4.74 Å². The lowest BCUT2D eigenvalue weighted by atomic mass is 10.2. The quantitative estimate of drug-likeness (QED) is 0.369. The fourth-order valence-corrected chi connectivity index (χ4v) is 2.97. The molecule has 5 nitrogen and oxygen atoms in total. The average molecular weight is 385 g/mol. The summed E-state index contributed by atoms with van der Waals surface area (Å²) in [5.74, 6) is 1.43. The fraction of sp³-hybridized carbons (Fsp3) is 0.211. The van der Waals surface area contributed by atoms with E-state index in [4.69, 9.17) is 17.0 Å². The Kier molecular flexibility index (Phi) is 5.90. The molecule has 0 aliphatic heterocycles. The maximum absolute atomic E-state index is 5.76. The molecule has 0 aliphatic rings. The number of benzene rings is 2. The molecule has 7 heteroatoms. The molecule has 1 heterocycles. The van der Waals surface area contributed by atoms with E-state index in [0.29, 0.717) is 10.6 Å². The molecule has 0 radical (unpaired) electrons. The Labute approximate surface area is 162 Å². The number of hydrogen-bond donors (Lipinski definition) is 1. The number of aromatic amines is 1. The highest BCUT2D eigenvalue weighted by Gasteiger charge is 2.09. The van der Waals surface area contributed by atoms with Crippen molar-refractivity contribution >= 4 is 30.2 Å². The molecule has 3 rings (SSSR count). The summed E-state index contributed by atoms with van der Waals surface area (Å²) in [6.07, 6.45) is 3.93. The Hall–Kier alpha value is -2.38. The number of nitrogens with zero attached hydrogens (tertiary/aromatic N) is 3. The normalized spacial score (nSPS) is 11.4. The summed E-state index contributed by atoms with van der Waals surface area (Å²) in [4.78, 5) is 1.21. The standard InChI is InChI=1S/C19H20N4OS2/c1-13(2)24-16-6-4-5-15(11-16)18-21-22-19(25)23(18)20-12-14-7-9-17(26-3)10-8-14/h4-13H,1-3H3,(H,22,25)/b20-12-. The van der Waals surface area contributed by atoms with Gasteiger partial charge in [-0.3, -0.25) is 0 Å². The molecule has 0 bridgehead atoms. The van der Waals surface area contributed by atoms with Crippen LogP contribution in [0.15, 0.2) is 58.5 Å². The van der Waals surface area contributed by atoms with Gasteiger partial charge in [-0.05, 0) is 62.2 Å². The predicted molar refractivity (Wildman–Crippen MR) is 110 cm³/mol. The molecular formula is C19H20N4OS2. The Morgan fingerprint density at radius 1 is 1.23 bits per heavy atom. The zero-order chi connectivity index (χ0) is 18.5. The van der Waals surface area contributed by atoms with Crippen molar-refractivity contribution in [2.75, 3.05) is 6.26 Å². The van der Waals surface area contributed by atoms with E-state index >= 15 is 0 Å². The minimum absolute atomic E-state index is 0.105. The maximum atomic E-state index is 5.76. The van der Waals surface area contributed by atoms with Gasteiger partial charge in [-0.2, -0.15) is 14.9 Å². The number of H-pyrrole nitrogens is 1. The largest absolute Gasteiger partial charge is 0.491 e. The van der Waals surface area contributed by atoms with Crippen LogP contribution in [-0.4, -0.2) is 33.4 Å². The van der Waals surface area contributed by atoms with Gasteiger partial charge in [0.1, 0.15) is 5.75 Å². The molecule has 0 saturated carbocycles. The molecule has 26 heavy (non-hydrogen) atoms. The number of rotatable bonds is 6. The molecule has 1 N–H and O–H groups in total. The SMILES string of the molecule is CSc1ccc(/C=N\n2c(-c3cccc(OC(C)C)c3)n[nH]c2=S)cc1. The Morgan fingerprint density at radius 3 is 2.69 bits per heavy atom. The van der Waals surface area contributed by atoms with Gasteiger partial charge in [0.05, 0.1) is 12.3 Å². The zero-order valence-electron chi connectivity index (χ0n) is 14.8. The zero-order valence-corrected chi connectivity index (χ0v) is 16.5. The molecule has 3 aromatic rings. The first-order valence-electron chi connectivity index (χ1n) is 8.20. The number of hydrogen-bond acceptors (Lipinski definition) is 5. The van der Waals surface area contributed by atoms with Gasteiger partial charge in [-0.15, -0.1) is 11.8 Å². The van der Waals surface area contributed by atoms with Crippen LogP contribution in [-0.2, 0) is 0 Å². The summed E-state index contributed by atoms with van der Waals surface area (Å²) in [6.45, 7) is 3.99. The lowest BCUT2D eigenvalue weighted by Crippen LogP contribution is -2.05. The van der Waals surface area contributed by atoms with Gasteiger partial charge < -0.3 is 4.74 Å². The van der Waals surface area contributed by atoms with E-state index < -0.39 is 0 Å². The monoisotopic (exact) mass is 384 g/mol. The predicted octanol–water partition coefficient (Wildman–Crippen LogP) is 5.00. The van der Waals surface area contributed by atoms with E-state index in [1.54, 1.807) is 22.7 Å². The number of nitrogens with one attached hydrogen (secondary N) is 1. The molecule has 0 unspecified atom stereocenters. The van der Waals surface area contributed by atoms with Crippen molar-refractivity contribution in [1.82, 2.24) is 14.9 Å². The van der Waals surface area contributed by atoms with Crippen molar-refractivity contribution < 1.29 is 4.74 Å². The van der Waals surface area contributed by atoms with Crippen molar-refractivity contribution in [2.45, 2.75) is 24.8 Å². The van der Waals surface area contributed by atoms with Crippen molar-refractivity contribution in [1.29, 1.82) is 0 Å². The molecule has 2 aromatic carbocycles. The van der Waals surface area contributed by atoms with Crippen LogP contribution in [0.2, 0.25) is 0 Å². The van der Waals surface area contributed by atoms with Crippen LogP contribution >= 0.6 is 24.0 Å². The van der Waals surface area contributed by atoms with Gasteiger partial charge in [0, 0.05) is 10.5 Å². The van der Waals surface area contributed by atoms with E-state index in [-0.39, 0.29) is 6.10 Å². The van der Waals surface area contributed by atoms with Gasteiger partial charge in [0.15, 0.2) is 5.82 Å². The molecule has 0 spiro atoms. The van der Waals surface area contributed by atoms with Crippen molar-refractivity contribution in [3.8, 4) is 17.1 Å². The van der Waals surface area contributed by atoms with E-state index in [1.807, 2.05) is 50.2 Å². The third kappa shape index (κ3) is 4.42. The molecule has 0 aliphatic carbocycles. The van der Waals surface area contributed by atoms with Crippen LogP contribution in [0.5, 0.6) is 5.75 Å². The Bertz CT molecular complexity index is 958. The molecule has 0 saturated heterocycles. The topological polar surface area (TPSA) is 55.2 Å². The second-order valence-corrected chi connectivity index (χ2v) is 7.14. The van der Waals surface area contributed by atoms with Crippen LogP contribution in [0.25, 0.3) is 11.4 Å². The lowest BCUT2D eigenvalue weighted by Gasteiger charge is -2.10. The fourth-order valence-electron chi connectivity index (χ4n) is 2.38. The first-order valence-corrected chi connectivity index (χ1v) is 9.83. The second kappa shape index (κ2) is 8.33. The second-order valence-electron chi connectivity index (χ2n) is 5.88. The minimum atomic E-state index is 0.105. The highest BCUT2D eigenvalue weighted by atomic mass is 32.2. The molecular weight excluding hydrogens is 364 g/mol. The number of ether oxygens (including phenoxy) is 1. The van der Waals surface area contributed by atoms with E-state index in [9.17, 15) is 0 Å². The Balaban J connectivity index is 1.91. The van der Waals surface area contributed by atoms with E-state index in [0.717, 1.165) is 16.9 Å². The lowest BCUT2D eigenvalue weighted by molar-refractivity contribution is 0.242. The third-order valence-electron chi connectivity index (χ3n) is 3.55. The number of aromatic nitrogens is 3. The molecule has 0 fully saturated rings. The summed E-state index contributed by atoms with van der Waals surface area (Å²) < 4.78 is 7.81. The molecule has 0 atom stereocenters. The Morgan fingerprint density at radius 2 is 2.00 bits per heavy atom. The van der Waals surface area contributed by atoms with Gasteiger partial charge >= 0.3 is 0 Å². The first kappa shape index (κ1) is 18.4. The highest BCUT2D eigenvalue weighted by Crippen LogP contribution is 2.23. The van der Waals surface area contributed by atoms with Crippen LogP contribution in [0, 0.1) is 4.77 Å². The summed E-state index contributed by atoms with van der Waals surface area (Å²) in [5.41, 5.74) is 1.87. The van der Waals surface area contributed by atoms with Crippen molar-refractivity contribution in [3.63, 3.8) is 0 Å². The molecule has 134 valence electrons. The van der Waals surface area contributed by atoms with E-state index in [2.05, 4.69) is 33.7 Å². The summed E-state index contributed by atoms with van der Waals surface area (Å²) in [7, 11) is 0. The summed E-state index contributed by atoms with van der Waals surface area (Å²) in [6, 6.07) is 15.9. The van der Waals surface area contributed by atoms with Crippen LogP contribution in [0.4, 0.5) is 0 Å².